The number of halogens is 1. The number of carbonyl (C=O) groups excluding carboxylic acids is 4. The molecule has 4 atom stereocenters. The Morgan fingerprint density at radius 1 is 0.957 bits per heavy atom. The lowest BCUT2D eigenvalue weighted by Gasteiger charge is -2.18. The fraction of sp³-hybridized carbons (Fsp3) is 0.229. The van der Waals surface area contributed by atoms with Crippen molar-refractivity contribution >= 4 is 61.8 Å². The van der Waals surface area contributed by atoms with Gasteiger partial charge in [0.2, 0.25) is 17.6 Å². The van der Waals surface area contributed by atoms with Gasteiger partial charge in [-0.15, -0.1) is 0 Å². The summed E-state index contributed by atoms with van der Waals surface area (Å²) in [6, 6.07) is 16.2. The second kappa shape index (κ2) is 11.1. The van der Waals surface area contributed by atoms with E-state index in [2.05, 4.69) is 28.1 Å². The molecule has 2 amide bonds. The van der Waals surface area contributed by atoms with Crippen LogP contribution in [0.1, 0.15) is 38.3 Å². The lowest BCUT2D eigenvalue weighted by atomic mass is 9.85. The minimum Gasteiger partial charge on any atom is -0.454 e. The van der Waals surface area contributed by atoms with Crippen molar-refractivity contribution in [2.75, 3.05) is 11.5 Å². The number of anilines is 1. The Labute approximate surface area is 271 Å². The lowest BCUT2D eigenvalue weighted by molar-refractivity contribution is -0.385. The summed E-state index contributed by atoms with van der Waals surface area (Å²) in [6.07, 6.45) is 4.97. The van der Waals surface area contributed by atoms with Crippen molar-refractivity contribution < 1.29 is 28.8 Å². The molecule has 1 aliphatic heterocycles. The number of ether oxygens (including phenoxy) is 1. The Balaban J connectivity index is 1.17. The minimum atomic E-state index is -0.763. The first-order valence-electron chi connectivity index (χ1n) is 14.7. The molecule has 46 heavy (non-hydrogen) atoms. The van der Waals surface area contributed by atoms with Crippen molar-refractivity contribution in [3.63, 3.8) is 0 Å². The second-order valence-electron chi connectivity index (χ2n) is 12.0. The van der Waals surface area contributed by atoms with Gasteiger partial charge in [-0.1, -0.05) is 52.3 Å². The van der Waals surface area contributed by atoms with E-state index in [9.17, 15) is 29.3 Å². The van der Waals surface area contributed by atoms with Crippen molar-refractivity contribution in [1.29, 1.82) is 0 Å². The molecule has 2 bridgehead atoms. The first kappa shape index (κ1) is 29.7. The number of nitrogens with zero attached hydrogens (tertiary/aromatic N) is 3. The van der Waals surface area contributed by atoms with Crippen molar-refractivity contribution in [3.8, 4) is 11.3 Å². The molecule has 0 N–H and O–H groups in total. The number of aryl methyl sites for hydroxylation is 2. The van der Waals surface area contributed by atoms with Gasteiger partial charge < -0.3 is 4.74 Å². The van der Waals surface area contributed by atoms with Gasteiger partial charge in [0.15, 0.2) is 6.61 Å². The van der Waals surface area contributed by atoms with Crippen LogP contribution < -0.4 is 4.90 Å². The van der Waals surface area contributed by atoms with Gasteiger partial charge in [-0.3, -0.25) is 29.4 Å². The summed E-state index contributed by atoms with van der Waals surface area (Å²) in [5.74, 6) is -2.03. The Hall–Kier alpha value is -5.03. The molecule has 11 heteroatoms. The SMILES string of the molecule is Cc1ccc(C(=O)COC(=O)c2cc(-c3ccc(N4C(=O)C5C6C=CC(C6)C5C4=O)cc3)nc3c(C)cc(Br)cc23)cc1[N+](=O)[O-]. The number of esters is 1. The highest BCUT2D eigenvalue weighted by Crippen LogP contribution is 2.53. The van der Waals surface area contributed by atoms with Gasteiger partial charge in [-0.25, -0.2) is 9.78 Å². The van der Waals surface area contributed by atoms with Crippen LogP contribution in [0.15, 0.2) is 77.3 Å². The number of rotatable bonds is 7. The molecule has 4 aromatic rings. The number of carbonyl (C=O) groups is 4. The number of amides is 2. The van der Waals surface area contributed by atoms with E-state index in [4.69, 9.17) is 9.72 Å². The Kier molecular flexibility index (Phi) is 7.16. The predicted molar refractivity (Wildman–Crippen MR) is 172 cm³/mol. The standard InChI is InChI=1S/C35H26BrN3O7/c1-17-3-4-20(13-28(17)39(44)45)29(40)16-46-35(43)26-15-27(37-32-18(2)11-23(36)14-25(26)32)19-7-9-24(10-8-19)38-33(41)30-21-5-6-22(12-21)31(30)34(38)42/h3-11,13-15,21-22,30-31H,12,16H2,1-2H3. The maximum Gasteiger partial charge on any atom is 0.339 e. The number of hydrogen-bond acceptors (Lipinski definition) is 8. The molecule has 0 radical (unpaired) electrons. The van der Waals surface area contributed by atoms with Gasteiger partial charge in [0.25, 0.3) is 5.69 Å². The van der Waals surface area contributed by atoms with Crippen LogP contribution in [0.25, 0.3) is 22.2 Å². The van der Waals surface area contributed by atoms with Gasteiger partial charge in [0.1, 0.15) is 0 Å². The summed E-state index contributed by atoms with van der Waals surface area (Å²) in [7, 11) is 0. The fourth-order valence-electron chi connectivity index (χ4n) is 6.98. The molecule has 3 aliphatic rings. The third kappa shape index (κ3) is 4.82. The minimum absolute atomic E-state index is 0.0616. The Morgan fingerprint density at radius 2 is 1.63 bits per heavy atom. The highest BCUT2D eigenvalue weighted by molar-refractivity contribution is 9.10. The Morgan fingerprint density at radius 3 is 2.28 bits per heavy atom. The number of hydrogen-bond donors (Lipinski definition) is 0. The van der Waals surface area contributed by atoms with Gasteiger partial charge in [-0.2, -0.15) is 0 Å². The first-order chi connectivity index (χ1) is 22.0. The molecular weight excluding hydrogens is 654 g/mol. The number of nitro benzene ring substituents is 1. The molecule has 1 aromatic heterocycles. The van der Waals surface area contributed by atoms with Crippen LogP contribution in [0, 0.1) is 47.6 Å². The van der Waals surface area contributed by atoms with Crippen LogP contribution in [0.4, 0.5) is 11.4 Å². The van der Waals surface area contributed by atoms with Gasteiger partial charge in [0.05, 0.1) is 39.2 Å². The fourth-order valence-corrected chi connectivity index (χ4v) is 7.56. The number of ketones is 1. The van der Waals surface area contributed by atoms with E-state index in [0.29, 0.717) is 33.4 Å². The maximum atomic E-state index is 13.5. The molecular formula is C35H26BrN3O7. The molecule has 2 heterocycles. The molecule has 1 saturated carbocycles. The molecule has 230 valence electrons. The number of Topliss-reactive ketones (excluding diaryl/α,β-unsaturated/α-hetero) is 1. The number of imide groups is 1. The molecule has 3 aromatic carbocycles. The number of pyridine rings is 1. The number of aromatic nitrogens is 1. The average molecular weight is 681 g/mol. The zero-order valence-electron chi connectivity index (χ0n) is 24.7. The molecule has 0 spiro atoms. The third-order valence-electron chi connectivity index (χ3n) is 9.24. The summed E-state index contributed by atoms with van der Waals surface area (Å²) in [4.78, 5) is 69.8. The van der Waals surface area contributed by atoms with Crippen molar-refractivity contribution in [3.05, 3.63) is 110 Å². The summed E-state index contributed by atoms with van der Waals surface area (Å²) in [6.45, 7) is 2.82. The highest BCUT2D eigenvalue weighted by Gasteiger charge is 2.59. The van der Waals surface area contributed by atoms with Crippen molar-refractivity contribution in [2.24, 2.45) is 23.7 Å². The van der Waals surface area contributed by atoms with E-state index in [1.165, 1.54) is 23.1 Å². The van der Waals surface area contributed by atoms with E-state index in [1.807, 2.05) is 13.0 Å². The predicted octanol–water partition coefficient (Wildman–Crippen LogP) is 6.54. The van der Waals surface area contributed by atoms with Crippen LogP contribution in [-0.2, 0) is 14.3 Å². The smallest absolute Gasteiger partial charge is 0.339 e. The van der Waals surface area contributed by atoms with Gasteiger partial charge in [-0.05, 0) is 68.0 Å². The summed E-state index contributed by atoms with van der Waals surface area (Å²) >= 11 is 3.47. The van der Waals surface area contributed by atoms with Crippen LogP contribution >= 0.6 is 15.9 Å². The molecule has 4 unspecified atom stereocenters. The molecule has 2 fully saturated rings. The number of nitro groups is 1. The van der Waals surface area contributed by atoms with Crippen LogP contribution in [0.5, 0.6) is 0 Å². The topological polar surface area (TPSA) is 137 Å². The number of allylic oxidation sites excluding steroid dienone is 2. The van der Waals surface area contributed by atoms with E-state index < -0.39 is 23.3 Å². The van der Waals surface area contributed by atoms with Crippen LogP contribution in [-0.4, -0.2) is 40.1 Å². The quantitative estimate of drug-likeness (QED) is 0.0536. The number of fused-ring (bicyclic) bond motifs is 6. The number of benzene rings is 3. The average Bonchev–Trinajstić information content (AvgIpc) is 3.73. The lowest BCUT2D eigenvalue weighted by Crippen LogP contribution is -2.32. The van der Waals surface area contributed by atoms with Crippen LogP contribution in [0.2, 0.25) is 0 Å². The zero-order valence-corrected chi connectivity index (χ0v) is 26.3. The third-order valence-corrected chi connectivity index (χ3v) is 9.70. The van der Waals surface area contributed by atoms with E-state index in [-0.39, 0.29) is 52.3 Å². The second-order valence-corrected chi connectivity index (χ2v) is 12.9. The van der Waals surface area contributed by atoms with E-state index in [1.54, 1.807) is 43.3 Å². The monoisotopic (exact) mass is 679 g/mol. The highest BCUT2D eigenvalue weighted by atomic mass is 79.9. The van der Waals surface area contributed by atoms with E-state index >= 15 is 0 Å². The normalized spacial score (nSPS) is 21.2. The summed E-state index contributed by atoms with van der Waals surface area (Å²) in [5, 5.41) is 11.8. The van der Waals surface area contributed by atoms with E-state index in [0.717, 1.165) is 16.5 Å². The van der Waals surface area contributed by atoms with Gasteiger partial charge in [0, 0.05) is 32.6 Å². The molecule has 2 aliphatic carbocycles. The first-order valence-corrected chi connectivity index (χ1v) is 15.5. The summed E-state index contributed by atoms with van der Waals surface area (Å²) < 4.78 is 6.16. The molecule has 7 rings (SSSR count). The maximum absolute atomic E-state index is 13.5. The zero-order chi connectivity index (χ0) is 32.4. The molecule has 10 nitrogen and oxygen atoms in total. The summed E-state index contributed by atoms with van der Waals surface area (Å²) in [5.41, 5.74) is 3.39. The van der Waals surface area contributed by atoms with Crippen LogP contribution in [0.3, 0.4) is 0 Å². The largest absolute Gasteiger partial charge is 0.454 e. The Bertz CT molecular complexity index is 2030. The van der Waals surface area contributed by atoms with Crippen molar-refractivity contribution in [1.82, 2.24) is 4.98 Å². The molecule has 1 saturated heterocycles. The van der Waals surface area contributed by atoms with Crippen molar-refractivity contribution in [2.45, 2.75) is 20.3 Å². The van der Waals surface area contributed by atoms with Gasteiger partial charge >= 0.3 is 5.97 Å².